The van der Waals surface area contributed by atoms with E-state index in [0.29, 0.717) is 29.1 Å². The topological polar surface area (TPSA) is 74.4 Å². The zero-order valence-corrected chi connectivity index (χ0v) is 17.3. The smallest absolute Gasteiger partial charge is 0.260 e. The molecule has 5 rings (SSSR count). The summed E-state index contributed by atoms with van der Waals surface area (Å²) in [5.41, 5.74) is 5.14. The van der Waals surface area contributed by atoms with Crippen molar-refractivity contribution < 1.29 is 4.74 Å². The van der Waals surface area contributed by atoms with Gasteiger partial charge in [-0.15, -0.1) is 0 Å². The van der Waals surface area contributed by atoms with E-state index in [2.05, 4.69) is 38.1 Å². The maximum atomic E-state index is 12.8. The molecule has 0 aliphatic carbocycles. The first-order valence-corrected chi connectivity index (χ1v) is 10.3. The Bertz CT molecular complexity index is 1200. The van der Waals surface area contributed by atoms with E-state index in [1.54, 1.807) is 7.11 Å². The molecule has 0 saturated heterocycles. The number of H-pyrrole nitrogens is 1. The van der Waals surface area contributed by atoms with E-state index < -0.39 is 0 Å². The predicted octanol–water partition coefficient (Wildman–Crippen LogP) is 2.92. The minimum Gasteiger partial charge on any atom is -0.497 e. The number of rotatable bonds is 4. The van der Waals surface area contributed by atoms with Crippen molar-refractivity contribution in [2.75, 3.05) is 25.1 Å². The van der Waals surface area contributed by atoms with Gasteiger partial charge in [0.1, 0.15) is 5.75 Å². The average Bonchev–Trinajstić information content (AvgIpc) is 3.26. The number of hydrogen-bond acceptors (Lipinski definition) is 6. The first-order chi connectivity index (χ1) is 14.6. The normalized spacial score (nSPS) is 15.7. The van der Waals surface area contributed by atoms with Crippen LogP contribution in [-0.2, 0) is 19.5 Å². The molecule has 4 heterocycles. The largest absolute Gasteiger partial charge is 0.497 e. The van der Waals surface area contributed by atoms with Crippen molar-refractivity contribution in [1.29, 1.82) is 0 Å². The maximum absolute atomic E-state index is 12.8. The van der Waals surface area contributed by atoms with Crippen LogP contribution in [0.15, 0.2) is 41.5 Å². The molecule has 154 valence electrons. The molecule has 1 aromatic carbocycles. The predicted molar refractivity (Wildman–Crippen MR) is 117 cm³/mol. The van der Waals surface area contributed by atoms with Gasteiger partial charge in [-0.25, -0.2) is 4.98 Å². The number of aromatic amines is 1. The van der Waals surface area contributed by atoms with E-state index >= 15 is 0 Å². The van der Waals surface area contributed by atoms with E-state index in [-0.39, 0.29) is 5.56 Å². The summed E-state index contributed by atoms with van der Waals surface area (Å²) in [6.45, 7) is 5.31. The molecule has 0 bridgehead atoms. The number of nitrogens with zero attached hydrogens (tertiary/aromatic N) is 4. The van der Waals surface area contributed by atoms with Gasteiger partial charge in [-0.05, 0) is 54.8 Å². The van der Waals surface area contributed by atoms with Crippen LogP contribution in [0.4, 0.5) is 5.95 Å². The molecular formula is C23H25N5O2. The molecule has 3 aromatic rings. The molecule has 0 amide bonds. The molecule has 2 aliphatic heterocycles. The van der Waals surface area contributed by atoms with E-state index in [0.717, 1.165) is 43.7 Å². The fourth-order valence-electron chi connectivity index (χ4n) is 4.44. The van der Waals surface area contributed by atoms with Gasteiger partial charge in [-0.3, -0.25) is 14.8 Å². The number of methoxy groups -OCH3 is 1. The Balaban J connectivity index is 1.47. The molecule has 0 fully saturated rings. The summed E-state index contributed by atoms with van der Waals surface area (Å²) in [5, 5.41) is 0.613. The SMILES string of the molecule is COc1cc(C)c2c(=O)[nH]c(N3CCc4c(ccnc4CN4C=CCC4)C3)nc2c1. The summed E-state index contributed by atoms with van der Waals surface area (Å²) in [4.78, 5) is 29.6. The molecule has 7 heteroatoms. The van der Waals surface area contributed by atoms with Crippen molar-refractivity contribution in [3.05, 3.63) is 69.4 Å². The maximum Gasteiger partial charge on any atom is 0.260 e. The van der Waals surface area contributed by atoms with Gasteiger partial charge in [0.05, 0.1) is 30.3 Å². The lowest BCUT2D eigenvalue weighted by molar-refractivity contribution is 0.392. The number of hydrogen-bond donors (Lipinski definition) is 1. The van der Waals surface area contributed by atoms with E-state index in [9.17, 15) is 4.79 Å². The second kappa shape index (κ2) is 7.48. The zero-order valence-electron chi connectivity index (χ0n) is 17.3. The second-order valence-corrected chi connectivity index (χ2v) is 7.94. The summed E-state index contributed by atoms with van der Waals surface area (Å²) in [7, 11) is 1.62. The second-order valence-electron chi connectivity index (χ2n) is 7.94. The van der Waals surface area contributed by atoms with Crippen LogP contribution in [0.1, 0.15) is 28.8 Å². The number of aromatic nitrogens is 3. The van der Waals surface area contributed by atoms with Crippen molar-refractivity contribution in [1.82, 2.24) is 19.9 Å². The Hall–Kier alpha value is -3.35. The monoisotopic (exact) mass is 403 g/mol. The van der Waals surface area contributed by atoms with E-state index in [1.165, 1.54) is 11.1 Å². The fraction of sp³-hybridized carbons (Fsp3) is 0.348. The Labute approximate surface area is 175 Å². The van der Waals surface area contributed by atoms with Crippen LogP contribution in [0, 0.1) is 6.92 Å². The Kier molecular flexibility index (Phi) is 4.65. The summed E-state index contributed by atoms with van der Waals surface area (Å²) < 4.78 is 5.36. The van der Waals surface area contributed by atoms with Crippen LogP contribution in [0.5, 0.6) is 5.75 Å². The quantitative estimate of drug-likeness (QED) is 0.722. The van der Waals surface area contributed by atoms with Gasteiger partial charge in [0.15, 0.2) is 0 Å². The number of fused-ring (bicyclic) bond motifs is 2. The number of pyridine rings is 1. The van der Waals surface area contributed by atoms with E-state index in [4.69, 9.17) is 9.72 Å². The van der Waals surface area contributed by atoms with E-state index in [1.807, 2.05) is 25.3 Å². The minimum atomic E-state index is -0.114. The van der Waals surface area contributed by atoms with Crippen molar-refractivity contribution in [2.24, 2.45) is 0 Å². The van der Waals surface area contributed by atoms with Crippen LogP contribution in [0.3, 0.4) is 0 Å². The highest BCUT2D eigenvalue weighted by Crippen LogP contribution is 2.27. The van der Waals surface area contributed by atoms with Crippen molar-refractivity contribution in [3.8, 4) is 5.75 Å². The molecule has 0 saturated carbocycles. The standard InChI is InChI=1S/C23H25N5O2/c1-15-11-17(30-2)12-19-21(15)22(29)26-23(25-19)28-10-6-18-16(13-28)5-7-24-20(18)14-27-8-3-4-9-27/h3,5,7-8,11-12H,4,6,9-10,13-14H2,1-2H3,(H,25,26,29). The highest BCUT2D eigenvalue weighted by atomic mass is 16.5. The number of benzene rings is 1. The summed E-state index contributed by atoms with van der Waals surface area (Å²) in [6, 6.07) is 5.77. The van der Waals surface area contributed by atoms with Crippen molar-refractivity contribution in [2.45, 2.75) is 32.9 Å². The van der Waals surface area contributed by atoms with Crippen molar-refractivity contribution >= 4 is 16.9 Å². The van der Waals surface area contributed by atoms with Crippen molar-refractivity contribution in [3.63, 3.8) is 0 Å². The fourth-order valence-corrected chi connectivity index (χ4v) is 4.44. The lowest BCUT2D eigenvalue weighted by Crippen LogP contribution is -2.34. The Morgan fingerprint density at radius 3 is 2.97 bits per heavy atom. The molecule has 2 aromatic heterocycles. The summed E-state index contributed by atoms with van der Waals surface area (Å²) in [5.74, 6) is 1.31. The number of aryl methyl sites for hydroxylation is 1. The number of anilines is 1. The molecule has 1 N–H and O–H groups in total. The molecule has 0 atom stereocenters. The molecular weight excluding hydrogens is 378 g/mol. The van der Waals surface area contributed by atoms with Gasteiger partial charge >= 0.3 is 0 Å². The van der Waals surface area contributed by atoms with Crippen LogP contribution >= 0.6 is 0 Å². The van der Waals surface area contributed by atoms with Gasteiger partial charge in [0, 0.05) is 31.9 Å². The first kappa shape index (κ1) is 18.7. The van der Waals surface area contributed by atoms with Crippen LogP contribution in [0.2, 0.25) is 0 Å². The summed E-state index contributed by atoms with van der Waals surface area (Å²) in [6.07, 6.45) is 8.25. The van der Waals surface area contributed by atoms with Crippen LogP contribution in [-0.4, -0.2) is 40.1 Å². The van der Waals surface area contributed by atoms with Gasteiger partial charge < -0.3 is 14.5 Å². The van der Waals surface area contributed by atoms with Gasteiger partial charge in [0.2, 0.25) is 5.95 Å². The first-order valence-electron chi connectivity index (χ1n) is 10.3. The third-order valence-corrected chi connectivity index (χ3v) is 5.99. The summed E-state index contributed by atoms with van der Waals surface area (Å²) >= 11 is 0. The Morgan fingerprint density at radius 2 is 2.17 bits per heavy atom. The van der Waals surface area contributed by atoms with Gasteiger partial charge in [-0.2, -0.15) is 0 Å². The lowest BCUT2D eigenvalue weighted by Gasteiger charge is -2.31. The Morgan fingerprint density at radius 1 is 1.27 bits per heavy atom. The lowest BCUT2D eigenvalue weighted by atomic mass is 9.98. The molecule has 0 unspecified atom stereocenters. The molecule has 2 aliphatic rings. The minimum absolute atomic E-state index is 0.114. The average molecular weight is 403 g/mol. The highest BCUT2D eigenvalue weighted by molar-refractivity contribution is 5.83. The highest BCUT2D eigenvalue weighted by Gasteiger charge is 2.23. The zero-order chi connectivity index (χ0) is 20.7. The van der Waals surface area contributed by atoms with Crippen LogP contribution < -0.4 is 15.2 Å². The van der Waals surface area contributed by atoms with Gasteiger partial charge in [-0.1, -0.05) is 6.08 Å². The third-order valence-electron chi connectivity index (χ3n) is 5.99. The number of nitrogens with one attached hydrogen (secondary N) is 1. The van der Waals surface area contributed by atoms with Crippen LogP contribution in [0.25, 0.3) is 10.9 Å². The molecule has 0 spiro atoms. The van der Waals surface area contributed by atoms with Gasteiger partial charge in [0.25, 0.3) is 5.56 Å². The molecule has 7 nitrogen and oxygen atoms in total. The number of ether oxygens (including phenoxy) is 1. The molecule has 0 radical (unpaired) electrons. The third kappa shape index (κ3) is 3.30. The molecule has 30 heavy (non-hydrogen) atoms.